The first-order valence-electron chi connectivity index (χ1n) is 10.1. The summed E-state index contributed by atoms with van der Waals surface area (Å²) in [6.07, 6.45) is 1.86. The van der Waals surface area contributed by atoms with Gasteiger partial charge >= 0.3 is 0 Å². The molecule has 0 radical (unpaired) electrons. The normalized spacial score (nSPS) is 11.4. The third kappa shape index (κ3) is 4.93. The summed E-state index contributed by atoms with van der Waals surface area (Å²) in [4.78, 5) is 22.0. The van der Waals surface area contributed by atoms with E-state index in [9.17, 15) is 4.79 Å². The van der Waals surface area contributed by atoms with Crippen LogP contribution in [0.2, 0.25) is 0 Å². The molecule has 29 heavy (non-hydrogen) atoms. The van der Waals surface area contributed by atoms with Crippen LogP contribution in [0, 0.1) is 25.7 Å². The fraction of sp³-hybridized carbons (Fsp3) is 0.435. The van der Waals surface area contributed by atoms with Crippen LogP contribution in [0.25, 0.3) is 22.0 Å². The highest BCUT2D eigenvalue weighted by Crippen LogP contribution is 2.32. The first-order valence-corrected chi connectivity index (χ1v) is 11.0. The predicted molar refractivity (Wildman–Crippen MR) is 120 cm³/mol. The summed E-state index contributed by atoms with van der Waals surface area (Å²) in [6, 6.07) is 6.03. The number of nitrogens with one attached hydrogen (secondary N) is 1. The Balaban J connectivity index is 1.98. The van der Waals surface area contributed by atoms with Gasteiger partial charge in [0.05, 0.1) is 17.0 Å². The van der Waals surface area contributed by atoms with Crippen LogP contribution in [-0.4, -0.2) is 27.0 Å². The average Bonchev–Trinajstić information content (AvgIpc) is 3.26. The molecule has 3 rings (SSSR count). The summed E-state index contributed by atoms with van der Waals surface area (Å²) in [5, 5.41) is 6.05. The summed E-state index contributed by atoms with van der Waals surface area (Å²) in [5.41, 5.74) is 5.62. The predicted octanol–water partition coefficient (Wildman–Crippen LogP) is 5.33. The minimum Gasteiger partial charge on any atom is -0.352 e. The van der Waals surface area contributed by atoms with Crippen molar-refractivity contribution in [1.29, 1.82) is 0 Å². The molecule has 3 aromatic heterocycles. The number of aromatic nitrogens is 3. The number of nitrogens with zero attached hydrogens (tertiary/aromatic N) is 3. The Morgan fingerprint density at radius 3 is 2.55 bits per heavy atom. The second kappa shape index (κ2) is 8.91. The van der Waals surface area contributed by atoms with Crippen LogP contribution in [0.15, 0.2) is 29.8 Å². The molecule has 0 aromatic carbocycles. The number of thiazole rings is 1. The standard InChI is InChI=1S/C23H30N4OS/c1-14(2)10-25-22(28)19-9-21(27(17(19)6)12-15(3)4)20-13-29-23(26-20)18-8-7-16(5)24-11-18/h7-9,11,13-15H,10,12H2,1-6H3,(H,25,28). The van der Waals surface area contributed by atoms with Gasteiger partial charge in [-0.3, -0.25) is 9.78 Å². The van der Waals surface area contributed by atoms with Crippen LogP contribution < -0.4 is 5.32 Å². The van der Waals surface area contributed by atoms with Crippen LogP contribution in [0.1, 0.15) is 49.4 Å². The highest BCUT2D eigenvalue weighted by Gasteiger charge is 2.21. The molecule has 0 spiro atoms. The van der Waals surface area contributed by atoms with Crippen LogP contribution in [0.4, 0.5) is 0 Å². The van der Waals surface area contributed by atoms with Gasteiger partial charge in [0.1, 0.15) is 5.01 Å². The SMILES string of the molecule is Cc1ccc(-c2nc(-c3cc(C(=O)NCC(C)C)c(C)n3CC(C)C)cs2)cn1. The lowest BCUT2D eigenvalue weighted by molar-refractivity contribution is 0.0948. The summed E-state index contributed by atoms with van der Waals surface area (Å²) >= 11 is 1.60. The molecule has 0 aliphatic rings. The van der Waals surface area contributed by atoms with E-state index in [1.54, 1.807) is 11.3 Å². The lowest BCUT2D eigenvalue weighted by Crippen LogP contribution is -2.27. The van der Waals surface area contributed by atoms with Crippen molar-refractivity contribution in [2.75, 3.05) is 6.54 Å². The fourth-order valence-electron chi connectivity index (χ4n) is 3.20. The number of rotatable bonds is 7. The smallest absolute Gasteiger partial charge is 0.253 e. The second-order valence-corrected chi connectivity index (χ2v) is 9.22. The number of carbonyl (C=O) groups is 1. The van der Waals surface area contributed by atoms with Crippen molar-refractivity contribution in [3.63, 3.8) is 0 Å². The third-order valence-corrected chi connectivity index (χ3v) is 5.65. The highest BCUT2D eigenvalue weighted by molar-refractivity contribution is 7.13. The molecule has 154 valence electrons. The summed E-state index contributed by atoms with van der Waals surface area (Å²) < 4.78 is 2.22. The van der Waals surface area contributed by atoms with Gasteiger partial charge in [-0.25, -0.2) is 4.98 Å². The van der Waals surface area contributed by atoms with Gasteiger partial charge in [0.25, 0.3) is 5.91 Å². The van der Waals surface area contributed by atoms with E-state index in [4.69, 9.17) is 4.98 Å². The van der Waals surface area contributed by atoms with Crippen molar-refractivity contribution < 1.29 is 4.79 Å². The molecule has 0 saturated heterocycles. The first kappa shape index (κ1) is 21.2. The largest absolute Gasteiger partial charge is 0.352 e. The van der Waals surface area contributed by atoms with Crippen LogP contribution in [-0.2, 0) is 6.54 Å². The molecule has 0 atom stereocenters. The Morgan fingerprint density at radius 1 is 1.17 bits per heavy atom. The summed E-state index contributed by atoms with van der Waals surface area (Å²) in [5.74, 6) is 0.865. The zero-order valence-electron chi connectivity index (χ0n) is 18.1. The maximum absolute atomic E-state index is 12.8. The molecule has 0 aliphatic heterocycles. The molecule has 0 bridgehead atoms. The lowest BCUT2D eigenvalue weighted by Gasteiger charge is -2.13. The zero-order valence-corrected chi connectivity index (χ0v) is 18.9. The van der Waals surface area contributed by atoms with Crippen molar-refractivity contribution >= 4 is 17.2 Å². The van der Waals surface area contributed by atoms with Crippen molar-refractivity contribution in [2.24, 2.45) is 11.8 Å². The molecule has 6 heteroatoms. The van der Waals surface area contributed by atoms with E-state index in [1.807, 2.05) is 38.2 Å². The molecule has 3 aromatic rings. The van der Waals surface area contributed by atoms with Gasteiger partial charge in [-0.05, 0) is 43.9 Å². The number of amides is 1. The molecular formula is C23H30N4OS. The van der Waals surface area contributed by atoms with Gasteiger partial charge in [0.15, 0.2) is 0 Å². The maximum atomic E-state index is 12.8. The van der Waals surface area contributed by atoms with Gasteiger partial charge in [-0.15, -0.1) is 11.3 Å². The number of carbonyl (C=O) groups excluding carboxylic acids is 1. The van der Waals surface area contributed by atoms with Gasteiger partial charge in [-0.1, -0.05) is 27.7 Å². The average molecular weight is 411 g/mol. The monoisotopic (exact) mass is 410 g/mol. The Bertz CT molecular complexity index is 983. The Hall–Kier alpha value is -2.47. The van der Waals surface area contributed by atoms with Crippen molar-refractivity contribution in [1.82, 2.24) is 19.9 Å². The molecule has 0 fully saturated rings. The molecule has 0 aliphatic carbocycles. The van der Waals surface area contributed by atoms with Gasteiger partial charge in [-0.2, -0.15) is 0 Å². The molecule has 0 saturated carbocycles. The minimum absolute atomic E-state index is 0.0156. The Morgan fingerprint density at radius 2 is 1.93 bits per heavy atom. The molecule has 0 unspecified atom stereocenters. The topological polar surface area (TPSA) is 59.8 Å². The van der Waals surface area contributed by atoms with Crippen LogP contribution >= 0.6 is 11.3 Å². The van der Waals surface area contributed by atoms with Crippen molar-refractivity contribution in [3.05, 3.63) is 46.7 Å². The van der Waals surface area contributed by atoms with Gasteiger partial charge < -0.3 is 9.88 Å². The molecule has 1 amide bonds. The second-order valence-electron chi connectivity index (χ2n) is 8.36. The van der Waals surface area contributed by atoms with E-state index < -0.39 is 0 Å². The lowest BCUT2D eigenvalue weighted by atomic mass is 10.2. The zero-order chi connectivity index (χ0) is 21.1. The highest BCUT2D eigenvalue weighted by atomic mass is 32.1. The van der Waals surface area contributed by atoms with E-state index in [-0.39, 0.29) is 5.91 Å². The van der Waals surface area contributed by atoms with Crippen LogP contribution in [0.5, 0.6) is 0 Å². The summed E-state index contributed by atoms with van der Waals surface area (Å²) in [7, 11) is 0. The summed E-state index contributed by atoms with van der Waals surface area (Å²) in [6.45, 7) is 14.1. The van der Waals surface area contributed by atoms with E-state index in [1.165, 1.54) is 0 Å². The quantitative estimate of drug-likeness (QED) is 0.572. The Labute approximate surface area is 177 Å². The molecule has 1 N–H and O–H groups in total. The van der Waals surface area contributed by atoms with Gasteiger partial charge in [0, 0.05) is 41.6 Å². The van der Waals surface area contributed by atoms with E-state index in [0.29, 0.717) is 18.4 Å². The minimum atomic E-state index is -0.0156. The maximum Gasteiger partial charge on any atom is 0.253 e. The van der Waals surface area contributed by atoms with E-state index in [2.05, 4.69) is 47.9 Å². The molecule has 3 heterocycles. The fourth-order valence-corrected chi connectivity index (χ4v) is 4.00. The molecule has 5 nitrogen and oxygen atoms in total. The number of pyridine rings is 1. The number of hydrogen-bond acceptors (Lipinski definition) is 4. The number of hydrogen-bond donors (Lipinski definition) is 1. The van der Waals surface area contributed by atoms with Crippen molar-refractivity contribution in [3.8, 4) is 22.0 Å². The Kier molecular flexibility index (Phi) is 6.52. The molecular weight excluding hydrogens is 380 g/mol. The van der Waals surface area contributed by atoms with E-state index in [0.717, 1.165) is 45.5 Å². The third-order valence-electron chi connectivity index (χ3n) is 4.75. The first-order chi connectivity index (χ1) is 13.8. The van der Waals surface area contributed by atoms with Crippen LogP contribution in [0.3, 0.4) is 0 Å². The van der Waals surface area contributed by atoms with Crippen molar-refractivity contribution in [2.45, 2.75) is 48.1 Å². The number of aryl methyl sites for hydroxylation is 1. The van der Waals surface area contributed by atoms with Gasteiger partial charge in [0.2, 0.25) is 0 Å². The van der Waals surface area contributed by atoms with E-state index >= 15 is 0 Å².